The lowest BCUT2D eigenvalue weighted by Crippen LogP contribution is -2.40. The third kappa shape index (κ3) is 5.98. The van der Waals surface area contributed by atoms with Crippen LogP contribution in [0.25, 0.3) is 0 Å². The molecule has 0 aromatic carbocycles. The predicted molar refractivity (Wildman–Crippen MR) is 75.9 cm³/mol. The van der Waals surface area contributed by atoms with Crippen molar-refractivity contribution in [2.24, 2.45) is 0 Å². The fourth-order valence-electron chi connectivity index (χ4n) is 2.60. The molecule has 1 aliphatic rings. The Bertz CT molecular complexity index is 246. The third-order valence-electron chi connectivity index (χ3n) is 3.50. The molecule has 1 fully saturated rings. The van der Waals surface area contributed by atoms with E-state index in [2.05, 4.69) is 31.0 Å². The minimum absolute atomic E-state index is 0.372. The molecule has 4 heteroatoms. The summed E-state index contributed by atoms with van der Waals surface area (Å²) in [5.41, 5.74) is 0. The Morgan fingerprint density at radius 3 is 2.59 bits per heavy atom. The van der Waals surface area contributed by atoms with Crippen molar-refractivity contribution in [1.82, 2.24) is 10.2 Å². The van der Waals surface area contributed by atoms with Gasteiger partial charge in [0.25, 0.3) is 0 Å². The molecule has 0 aromatic rings. The van der Waals surface area contributed by atoms with Crippen molar-refractivity contribution in [2.45, 2.75) is 58.2 Å². The Labute approximate surface area is 109 Å². The van der Waals surface area contributed by atoms with Gasteiger partial charge in [0.05, 0.1) is 0 Å². The van der Waals surface area contributed by atoms with E-state index in [4.69, 9.17) is 0 Å². The maximum atomic E-state index is 11.2. The van der Waals surface area contributed by atoms with E-state index >= 15 is 0 Å². The topological polar surface area (TPSA) is 32.3 Å². The zero-order chi connectivity index (χ0) is 12.8. The van der Waals surface area contributed by atoms with Crippen LogP contribution >= 0.6 is 0 Å². The molecule has 1 rings (SSSR count). The Morgan fingerprint density at radius 1 is 1.29 bits per heavy atom. The zero-order valence-electron chi connectivity index (χ0n) is 11.7. The molecule has 1 aliphatic heterocycles. The summed E-state index contributed by atoms with van der Waals surface area (Å²) in [6.07, 6.45) is 5.53. The summed E-state index contributed by atoms with van der Waals surface area (Å²) in [5.74, 6) is 0.768. The van der Waals surface area contributed by atoms with Gasteiger partial charge in [-0.1, -0.05) is 0 Å². The average molecular weight is 260 g/mol. The molecule has 0 aliphatic carbocycles. The summed E-state index contributed by atoms with van der Waals surface area (Å²) in [6, 6.07) is 1.64. The van der Waals surface area contributed by atoms with E-state index in [9.17, 15) is 4.21 Å². The van der Waals surface area contributed by atoms with Crippen LogP contribution in [0.1, 0.15) is 40.0 Å². The van der Waals surface area contributed by atoms with E-state index in [1.54, 1.807) is 6.26 Å². The maximum absolute atomic E-state index is 11.2. The van der Waals surface area contributed by atoms with Crippen LogP contribution in [0.5, 0.6) is 0 Å². The van der Waals surface area contributed by atoms with Crippen molar-refractivity contribution in [3.05, 3.63) is 0 Å². The van der Waals surface area contributed by atoms with E-state index in [-0.39, 0.29) is 0 Å². The highest BCUT2D eigenvalue weighted by Crippen LogP contribution is 2.13. The quantitative estimate of drug-likeness (QED) is 0.815. The summed E-state index contributed by atoms with van der Waals surface area (Å²) in [4.78, 5) is 2.56. The minimum Gasteiger partial charge on any atom is -0.311 e. The molecular weight excluding hydrogens is 232 g/mol. The lowest BCUT2D eigenvalue weighted by atomic mass is 10.1. The molecular formula is C13H28N2OS. The van der Waals surface area contributed by atoms with Crippen LogP contribution in [0.3, 0.4) is 0 Å². The van der Waals surface area contributed by atoms with Gasteiger partial charge in [0.1, 0.15) is 0 Å². The van der Waals surface area contributed by atoms with Gasteiger partial charge in [-0.05, 0) is 53.1 Å². The van der Waals surface area contributed by atoms with Crippen molar-refractivity contribution in [3.63, 3.8) is 0 Å². The molecule has 0 amide bonds. The first-order valence-electron chi connectivity index (χ1n) is 6.79. The van der Waals surface area contributed by atoms with E-state index in [1.165, 1.54) is 32.4 Å². The van der Waals surface area contributed by atoms with Gasteiger partial charge in [0.15, 0.2) is 0 Å². The molecule has 0 saturated carbocycles. The first-order chi connectivity index (χ1) is 7.99. The molecule has 3 unspecified atom stereocenters. The zero-order valence-corrected chi connectivity index (χ0v) is 12.6. The SMILES string of the molecule is CC(CS(C)=O)NC1CCCN(C(C)C)CC1. The lowest BCUT2D eigenvalue weighted by Gasteiger charge is -2.25. The number of hydrogen-bond donors (Lipinski definition) is 1. The van der Waals surface area contributed by atoms with Gasteiger partial charge >= 0.3 is 0 Å². The smallest absolute Gasteiger partial charge is 0.0383 e. The molecule has 17 heavy (non-hydrogen) atoms. The number of nitrogens with one attached hydrogen (secondary N) is 1. The van der Waals surface area contributed by atoms with Gasteiger partial charge in [0.2, 0.25) is 0 Å². The standard InChI is InChI=1S/C13H28N2OS/c1-11(2)15-8-5-6-13(7-9-15)14-12(3)10-17(4)16/h11-14H,5-10H2,1-4H3. The number of hydrogen-bond acceptors (Lipinski definition) is 3. The molecule has 3 nitrogen and oxygen atoms in total. The van der Waals surface area contributed by atoms with E-state index in [0.29, 0.717) is 18.1 Å². The summed E-state index contributed by atoms with van der Waals surface area (Å²) in [5, 5.41) is 3.63. The highest BCUT2D eigenvalue weighted by atomic mass is 32.2. The highest BCUT2D eigenvalue weighted by molar-refractivity contribution is 7.84. The molecule has 0 bridgehead atoms. The van der Waals surface area contributed by atoms with Gasteiger partial charge in [-0.2, -0.15) is 0 Å². The van der Waals surface area contributed by atoms with Gasteiger partial charge in [-0.15, -0.1) is 0 Å². The molecule has 1 N–H and O–H groups in total. The average Bonchev–Trinajstić information content (AvgIpc) is 2.41. The molecule has 0 aromatic heterocycles. The highest BCUT2D eigenvalue weighted by Gasteiger charge is 2.19. The van der Waals surface area contributed by atoms with Crippen molar-refractivity contribution < 1.29 is 4.21 Å². The van der Waals surface area contributed by atoms with Crippen LogP contribution in [-0.4, -0.2) is 52.3 Å². The third-order valence-corrected chi connectivity index (χ3v) is 4.47. The second-order valence-electron chi connectivity index (χ2n) is 5.57. The summed E-state index contributed by atoms with van der Waals surface area (Å²) < 4.78 is 11.2. The van der Waals surface area contributed by atoms with Crippen LogP contribution in [-0.2, 0) is 10.8 Å². The number of rotatable bonds is 5. The normalized spacial score (nSPS) is 26.8. The predicted octanol–water partition coefficient (Wildman–Crippen LogP) is 1.61. The molecule has 1 heterocycles. The molecule has 1 saturated heterocycles. The Hall–Kier alpha value is 0.0700. The van der Waals surface area contributed by atoms with Crippen molar-refractivity contribution in [1.29, 1.82) is 0 Å². The fraction of sp³-hybridized carbons (Fsp3) is 1.00. The molecule has 0 spiro atoms. The Kier molecular flexibility index (Phi) is 6.67. The van der Waals surface area contributed by atoms with E-state index in [0.717, 1.165) is 5.75 Å². The minimum atomic E-state index is -0.692. The van der Waals surface area contributed by atoms with Crippen LogP contribution in [0.15, 0.2) is 0 Å². The molecule has 0 radical (unpaired) electrons. The van der Waals surface area contributed by atoms with Crippen LogP contribution in [0.2, 0.25) is 0 Å². The Balaban J connectivity index is 2.33. The fourth-order valence-corrected chi connectivity index (χ4v) is 3.40. The van der Waals surface area contributed by atoms with Crippen LogP contribution in [0.4, 0.5) is 0 Å². The van der Waals surface area contributed by atoms with Crippen molar-refractivity contribution >= 4 is 10.8 Å². The summed E-state index contributed by atoms with van der Waals surface area (Å²) in [6.45, 7) is 9.11. The lowest BCUT2D eigenvalue weighted by molar-refractivity contribution is 0.228. The van der Waals surface area contributed by atoms with Crippen molar-refractivity contribution in [2.75, 3.05) is 25.1 Å². The van der Waals surface area contributed by atoms with Gasteiger partial charge in [-0.25, -0.2) is 0 Å². The van der Waals surface area contributed by atoms with Gasteiger partial charge in [0, 0.05) is 40.9 Å². The maximum Gasteiger partial charge on any atom is 0.0383 e. The second-order valence-corrected chi connectivity index (χ2v) is 7.04. The largest absolute Gasteiger partial charge is 0.311 e. The van der Waals surface area contributed by atoms with Crippen molar-refractivity contribution in [3.8, 4) is 0 Å². The van der Waals surface area contributed by atoms with E-state index < -0.39 is 10.8 Å². The summed E-state index contributed by atoms with van der Waals surface area (Å²) in [7, 11) is -0.692. The van der Waals surface area contributed by atoms with Crippen LogP contribution in [0, 0.1) is 0 Å². The Morgan fingerprint density at radius 2 is 2.00 bits per heavy atom. The van der Waals surface area contributed by atoms with Gasteiger partial charge < -0.3 is 10.2 Å². The number of likely N-dealkylation sites (tertiary alicyclic amines) is 1. The summed E-state index contributed by atoms with van der Waals surface area (Å²) >= 11 is 0. The van der Waals surface area contributed by atoms with Gasteiger partial charge in [-0.3, -0.25) is 4.21 Å². The van der Waals surface area contributed by atoms with Crippen LogP contribution < -0.4 is 5.32 Å². The molecule has 3 atom stereocenters. The van der Waals surface area contributed by atoms with E-state index in [1.807, 2.05) is 0 Å². The molecule has 102 valence electrons. The first-order valence-corrected chi connectivity index (χ1v) is 8.52. The number of nitrogens with zero attached hydrogens (tertiary/aromatic N) is 1. The monoisotopic (exact) mass is 260 g/mol. The first kappa shape index (κ1) is 15.1. The second kappa shape index (κ2) is 7.49.